The Labute approximate surface area is 193 Å². The third-order valence-electron chi connectivity index (χ3n) is 5.75. The normalized spacial score (nSPS) is 19.1. The standard InChI is InChI=1S/C20H23FN4O2.C2HF3O2/c21-17-4-2-1-3-15(17)12-25-13-20(14-25)16(6-10-27-20)5-7-24-19(26)18-11-22-8-9-23-18;3-2(4,5)1(6)7/h1-4,8-9,11,16H,5-7,10,12-14H2,(H,24,26);(H,6,7). The monoisotopic (exact) mass is 484 g/mol. The van der Waals surface area contributed by atoms with Crippen LogP contribution in [-0.2, 0) is 16.1 Å². The van der Waals surface area contributed by atoms with E-state index in [0.717, 1.165) is 38.1 Å². The predicted octanol–water partition coefficient (Wildman–Crippen LogP) is 2.66. The minimum Gasteiger partial charge on any atom is -0.475 e. The molecule has 0 saturated carbocycles. The first-order valence-electron chi connectivity index (χ1n) is 10.5. The smallest absolute Gasteiger partial charge is 0.475 e. The molecule has 184 valence electrons. The lowest BCUT2D eigenvalue weighted by Gasteiger charge is -2.50. The Balaban J connectivity index is 0.000000406. The van der Waals surface area contributed by atoms with Crippen LogP contribution in [-0.4, -0.2) is 69.9 Å². The number of rotatable bonds is 6. The van der Waals surface area contributed by atoms with Crippen LogP contribution >= 0.6 is 0 Å². The number of carbonyl (C=O) groups is 2. The lowest BCUT2D eigenvalue weighted by Crippen LogP contribution is -2.64. The summed E-state index contributed by atoms with van der Waals surface area (Å²) in [6.07, 6.45) is 1.28. The number of carboxylic acid groups (broad SMARTS) is 1. The van der Waals surface area contributed by atoms with Crippen LogP contribution in [0.2, 0.25) is 0 Å². The van der Waals surface area contributed by atoms with Crippen molar-refractivity contribution in [2.45, 2.75) is 31.2 Å². The van der Waals surface area contributed by atoms with Gasteiger partial charge in [-0.25, -0.2) is 14.2 Å². The van der Waals surface area contributed by atoms with Crippen LogP contribution in [0.5, 0.6) is 0 Å². The Morgan fingerprint density at radius 3 is 2.56 bits per heavy atom. The summed E-state index contributed by atoms with van der Waals surface area (Å²) in [5, 5.41) is 10.0. The summed E-state index contributed by atoms with van der Waals surface area (Å²) in [7, 11) is 0. The average Bonchev–Trinajstić information content (AvgIpc) is 3.19. The van der Waals surface area contributed by atoms with E-state index >= 15 is 0 Å². The molecule has 1 atom stereocenters. The van der Waals surface area contributed by atoms with Gasteiger partial charge in [0, 0.05) is 50.7 Å². The van der Waals surface area contributed by atoms with Crippen LogP contribution in [0.3, 0.4) is 0 Å². The zero-order valence-electron chi connectivity index (χ0n) is 18.1. The molecule has 2 aromatic rings. The van der Waals surface area contributed by atoms with Crippen molar-refractivity contribution >= 4 is 11.9 Å². The lowest BCUT2D eigenvalue weighted by atomic mass is 9.78. The predicted molar refractivity (Wildman–Crippen MR) is 111 cm³/mol. The van der Waals surface area contributed by atoms with Crippen molar-refractivity contribution in [3.8, 4) is 0 Å². The van der Waals surface area contributed by atoms with Gasteiger partial charge in [0.15, 0.2) is 0 Å². The minimum absolute atomic E-state index is 0.150. The van der Waals surface area contributed by atoms with Crippen molar-refractivity contribution < 1.29 is 37.0 Å². The Morgan fingerprint density at radius 2 is 1.94 bits per heavy atom. The Hall–Kier alpha value is -3.12. The van der Waals surface area contributed by atoms with Crippen LogP contribution in [0.25, 0.3) is 0 Å². The second-order valence-corrected chi connectivity index (χ2v) is 8.07. The number of aromatic nitrogens is 2. The molecule has 2 aliphatic heterocycles. The summed E-state index contributed by atoms with van der Waals surface area (Å²) >= 11 is 0. The largest absolute Gasteiger partial charge is 0.490 e. The molecule has 1 aromatic carbocycles. The highest BCUT2D eigenvalue weighted by atomic mass is 19.4. The van der Waals surface area contributed by atoms with Gasteiger partial charge in [0.25, 0.3) is 5.91 Å². The minimum atomic E-state index is -5.08. The molecule has 0 bridgehead atoms. The Morgan fingerprint density at radius 1 is 1.24 bits per heavy atom. The highest BCUT2D eigenvalue weighted by Gasteiger charge is 2.52. The quantitative estimate of drug-likeness (QED) is 0.608. The van der Waals surface area contributed by atoms with E-state index in [0.29, 0.717) is 24.7 Å². The number of hydrogen-bond donors (Lipinski definition) is 2. The molecule has 3 heterocycles. The average molecular weight is 484 g/mol. The first-order chi connectivity index (χ1) is 16.1. The zero-order chi connectivity index (χ0) is 24.8. The Kier molecular flexibility index (Phi) is 8.15. The maximum Gasteiger partial charge on any atom is 0.490 e. The highest BCUT2D eigenvalue weighted by Crippen LogP contribution is 2.42. The van der Waals surface area contributed by atoms with Crippen LogP contribution in [0.15, 0.2) is 42.9 Å². The van der Waals surface area contributed by atoms with Crippen LogP contribution in [0.1, 0.15) is 28.9 Å². The number of benzene rings is 1. The zero-order valence-corrected chi connectivity index (χ0v) is 18.1. The molecule has 1 unspecified atom stereocenters. The number of likely N-dealkylation sites (tertiary alicyclic amines) is 1. The van der Waals surface area contributed by atoms with Gasteiger partial charge in [-0.3, -0.25) is 14.7 Å². The highest BCUT2D eigenvalue weighted by molar-refractivity contribution is 5.91. The molecule has 1 amide bonds. The molecule has 34 heavy (non-hydrogen) atoms. The number of nitrogens with one attached hydrogen (secondary N) is 1. The maximum atomic E-state index is 13.8. The number of aliphatic carboxylic acids is 1. The maximum absolute atomic E-state index is 13.8. The molecule has 2 aliphatic rings. The van der Waals surface area contributed by atoms with Gasteiger partial charge >= 0.3 is 12.1 Å². The fraction of sp³-hybridized carbons (Fsp3) is 0.455. The first-order valence-corrected chi connectivity index (χ1v) is 10.5. The van der Waals surface area contributed by atoms with Gasteiger partial charge in [-0.2, -0.15) is 13.2 Å². The van der Waals surface area contributed by atoms with Gasteiger partial charge < -0.3 is 15.2 Å². The third-order valence-corrected chi connectivity index (χ3v) is 5.75. The van der Waals surface area contributed by atoms with Gasteiger partial charge in [0.1, 0.15) is 11.5 Å². The second-order valence-electron chi connectivity index (χ2n) is 8.07. The molecule has 8 nitrogen and oxygen atoms in total. The number of nitrogens with zero attached hydrogens (tertiary/aromatic N) is 3. The van der Waals surface area contributed by atoms with E-state index in [-0.39, 0.29) is 17.3 Å². The molecule has 2 fully saturated rings. The van der Waals surface area contributed by atoms with Crippen molar-refractivity contribution in [1.82, 2.24) is 20.2 Å². The van der Waals surface area contributed by atoms with E-state index < -0.39 is 12.1 Å². The fourth-order valence-electron chi connectivity index (χ4n) is 4.10. The van der Waals surface area contributed by atoms with Gasteiger partial charge in [-0.1, -0.05) is 18.2 Å². The summed E-state index contributed by atoms with van der Waals surface area (Å²) < 4.78 is 51.6. The molecule has 0 radical (unpaired) electrons. The topological polar surface area (TPSA) is 105 Å². The summed E-state index contributed by atoms with van der Waals surface area (Å²) in [5.41, 5.74) is 0.899. The Bertz CT molecular complexity index is 984. The number of carboxylic acids is 1. The summed E-state index contributed by atoms with van der Waals surface area (Å²) in [4.78, 5) is 31.1. The number of hydrogen-bond acceptors (Lipinski definition) is 6. The lowest BCUT2D eigenvalue weighted by molar-refractivity contribution is -0.192. The van der Waals surface area contributed by atoms with Gasteiger partial charge in [0.2, 0.25) is 0 Å². The number of alkyl halides is 3. The van der Waals surface area contributed by atoms with E-state index in [9.17, 15) is 22.4 Å². The molecule has 0 aliphatic carbocycles. The molecular weight excluding hydrogens is 460 g/mol. The summed E-state index contributed by atoms with van der Waals surface area (Å²) in [6.45, 7) is 3.55. The van der Waals surface area contributed by atoms with Crippen molar-refractivity contribution in [2.75, 3.05) is 26.2 Å². The van der Waals surface area contributed by atoms with Crippen molar-refractivity contribution in [3.05, 3.63) is 59.9 Å². The molecule has 1 spiro atoms. The van der Waals surface area contributed by atoms with E-state index in [4.69, 9.17) is 14.6 Å². The third kappa shape index (κ3) is 6.48. The van der Waals surface area contributed by atoms with E-state index in [1.165, 1.54) is 18.5 Å². The van der Waals surface area contributed by atoms with Crippen LogP contribution in [0, 0.1) is 11.7 Å². The number of carbonyl (C=O) groups excluding carboxylic acids is 1. The van der Waals surface area contributed by atoms with Gasteiger partial charge in [-0.15, -0.1) is 0 Å². The second kappa shape index (κ2) is 10.9. The number of ether oxygens (including phenoxy) is 1. The number of halogens is 4. The van der Waals surface area contributed by atoms with E-state index in [1.54, 1.807) is 12.3 Å². The van der Waals surface area contributed by atoms with E-state index in [1.807, 2.05) is 12.1 Å². The molecule has 12 heteroatoms. The number of amides is 1. The van der Waals surface area contributed by atoms with Gasteiger partial charge in [0.05, 0.1) is 11.8 Å². The van der Waals surface area contributed by atoms with E-state index in [2.05, 4.69) is 20.2 Å². The molecular formula is C22H24F4N4O4. The summed E-state index contributed by atoms with van der Waals surface area (Å²) in [5.74, 6) is -2.72. The molecule has 2 N–H and O–H groups in total. The molecule has 2 saturated heterocycles. The van der Waals surface area contributed by atoms with Gasteiger partial charge in [-0.05, 0) is 24.8 Å². The first kappa shape index (κ1) is 25.5. The van der Waals surface area contributed by atoms with Crippen molar-refractivity contribution in [3.63, 3.8) is 0 Å². The summed E-state index contributed by atoms with van der Waals surface area (Å²) in [6, 6.07) is 6.90. The SMILES string of the molecule is O=C(NCCC1CCOC12CN(Cc1ccccc1F)C2)c1cnccn1.O=C(O)C(F)(F)F. The molecule has 1 aromatic heterocycles. The van der Waals surface area contributed by atoms with Crippen molar-refractivity contribution in [2.24, 2.45) is 5.92 Å². The fourth-order valence-corrected chi connectivity index (χ4v) is 4.10. The van der Waals surface area contributed by atoms with Crippen LogP contribution < -0.4 is 5.32 Å². The molecule has 4 rings (SSSR count). The van der Waals surface area contributed by atoms with Crippen molar-refractivity contribution in [1.29, 1.82) is 0 Å². The van der Waals surface area contributed by atoms with Crippen LogP contribution in [0.4, 0.5) is 17.6 Å².